The molecular formula is C9H17NO. The zero-order valence-corrected chi connectivity index (χ0v) is 7.23. The van der Waals surface area contributed by atoms with Gasteiger partial charge in [0.1, 0.15) is 0 Å². The second-order valence-electron chi connectivity index (χ2n) is 3.56. The molecule has 0 aromatic carbocycles. The molecule has 0 aliphatic heterocycles. The fraction of sp³-hybridized carbons (Fsp3) is 0.889. The Morgan fingerprint density at radius 3 is 2.18 bits per heavy atom. The van der Waals surface area contributed by atoms with Gasteiger partial charge in [0.05, 0.1) is 0 Å². The number of carbonyl (C=O) groups excluding carboxylic acids is 1. The van der Waals surface area contributed by atoms with Crippen LogP contribution in [0.4, 0.5) is 0 Å². The molecule has 0 bridgehead atoms. The lowest BCUT2D eigenvalue weighted by Crippen LogP contribution is -2.38. The number of primary amides is 1. The van der Waals surface area contributed by atoms with Gasteiger partial charge in [0.2, 0.25) is 5.91 Å². The molecule has 0 aromatic rings. The molecule has 0 radical (unpaired) electrons. The minimum Gasteiger partial charge on any atom is -0.369 e. The fourth-order valence-corrected chi connectivity index (χ4v) is 2.00. The SMILES string of the molecule is CCC1(C(N)=O)CCCCC1. The van der Waals surface area contributed by atoms with Crippen LogP contribution < -0.4 is 5.73 Å². The van der Waals surface area contributed by atoms with Crippen molar-refractivity contribution in [1.82, 2.24) is 0 Å². The van der Waals surface area contributed by atoms with Gasteiger partial charge < -0.3 is 5.73 Å². The molecule has 64 valence electrons. The molecule has 0 atom stereocenters. The summed E-state index contributed by atoms with van der Waals surface area (Å²) in [6.07, 6.45) is 6.57. The minimum atomic E-state index is -0.141. The number of rotatable bonds is 2. The Morgan fingerprint density at radius 1 is 1.36 bits per heavy atom. The van der Waals surface area contributed by atoms with Crippen LogP contribution >= 0.6 is 0 Å². The van der Waals surface area contributed by atoms with E-state index >= 15 is 0 Å². The molecular weight excluding hydrogens is 138 g/mol. The molecule has 1 aliphatic carbocycles. The Kier molecular flexibility index (Phi) is 2.53. The topological polar surface area (TPSA) is 43.1 Å². The largest absolute Gasteiger partial charge is 0.369 e. The second kappa shape index (κ2) is 3.24. The number of amides is 1. The van der Waals surface area contributed by atoms with E-state index in [0.717, 1.165) is 19.3 Å². The van der Waals surface area contributed by atoms with Gasteiger partial charge in [-0.25, -0.2) is 0 Å². The Bertz CT molecular complexity index is 148. The molecule has 2 N–H and O–H groups in total. The molecule has 0 spiro atoms. The van der Waals surface area contributed by atoms with Crippen LogP contribution in [0, 0.1) is 5.41 Å². The summed E-state index contributed by atoms with van der Waals surface area (Å²) in [7, 11) is 0. The van der Waals surface area contributed by atoms with Crippen molar-refractivity contribution < 1.29 is 4.79 Å². The summed E-state index contributed by atoms with van der Waals surface area (Å²) >= 11 is 0. The lowest BCUT2D eigenvalue weighted by atomic mass is 9.72. The van der Waals surface area contributed by atoms with E-state index in [4.69, 9.17) is 5.73 Å². The standard InChI is InChI=1S/C9H17NO/c1-2-9(8(10)11)6-4-3-5-7-9/h2-7H2,1H3,(H2,10,11). The maximum Gasteiger partial charge on any atom is 0.223 e. The van der Waals surface area contributed by atoms with Crippen molar-refractivity contribution in [3.8, 4) is 0 Å². The van der Waals surface area contributed by atoms with E-state index in [0.29, 0.717) is 0 Å². The molecule has 0 heterocycles. The van der Waals surface area contributed by atoms with Crippen LogP contribution in [0.2, 0.25) is 0 Å². The predicted molar refractivity (Wildman–Crippen MR) is 45.0 cm³/mol. The summed E-state index contributed by atoms with van der Waals surface area (Å²) in [5.41, 5.74) is 5.23. The predicted octanol–water partition coefficient (Wildman–Crippen LogP) is 1.83. The van der Waals surface area contributed by atoms with Crippen LogP contribution in [-0.4, -0.2) is 5.91 Å². The average molecular weight is 155 g/mol. The van der Waals surface area contributed by atoms with Gasteiger partial charge in [0.15, 0.2) is 0 Å². The molecule has 1 amide bonds. The first kappa shape index (κ1) is 8.57. The van der Waals surface area contributed by atoms with E-state index in [1.54, 1.807) is 0 Å². The number of nitrogens with two attached hydrogens (primary N) is 1. The third kappa shape index (κ3) is 1.55. The fourth-order valence-electron chi connectivity index (χ4n) is 2.00. The van der Waals surface area contributed by atoms with Crippen LogP contribution in [0.3, 0.4) is 0 Å². The summed E-state index contributed by atoms with van der Waals surface area (Å²) < 4.78 is 0. The second-order valence-corrected chi connectivity index (χ2v) is 3.56. The zero-order valence-electron chi connectivity index (χ0n) is 7.23. The third-order valence-corrected chi connectivity index (χ3v) is 3.01. The average Bonchev–Trinajstić information content (AvgIpc) is 2.05. The van der Waals surface area contributed by atoms with Crippen molar-refractivity contribution in [2.45, 2.75) is 45.4 Å². The Hall–Kier alpha value is -0.530. The van der Waals surface area contributed by atoms with Crippen molar-refractivity contribution in [1.29, 1.82) is 0 Å². The quantitative estimate of drug-likeness (QED) is 0.649. The van der Waals surface area contributed by atoms with Gasteiger partial charge in [-0.2, -0.15) is 0 Å². The molecule has 1 fully saturated rings. The number of hydrogen-bond donors (Lipinski definition) is 1. The van der Waals surface area contributed by atoms with Gasteiger partial charge in [0, 0.05) is 5.41 Å². The molecule has 1 aliphatic rings. The summed E-state index contributed by atoms with van der Waals surface area (Å²) in [6, 6.07) is 0. The first-order valence-electron chi connectivity index (χ1n) is 4.51. The Labute approximate surface area is 68.2 Å². The summed E-state index contributed by atoms with van der Waals surface area (Å²) in [5, 5.41) is 0. The van der Waals surface area contributed by atoms with Gasteiger partial charge in [-0.05, 0) is 19.3 Å². The van der Waals surface area contributed by atoms with E-state index < -0.39 is 0 Å². The summed E-state index contributed by atoms with van der Waals surface area (Å²) in [6.45, 7) is 2.07. The molecule has 1 rings (SSSR count). The lowest BCUT2D eigenvalue weighted by Gasteiger charge is -2.32. The Balaban J connectivity index is 2.64. The monoisotopic (exact) mass is 155 g/mol. The molecule has 1 saturated carbocycles. The third-order valence-electron chi connectivity index (χ3n) is 3.01. The molecule has 2 heteroatoms. The van der Waals surface area contributed by atoms with E-state index in [2.05, 4.69) is 6.92 Å². The highest BCUT2D eigenvalue weighted by Gasteiger charge is 2.35. The van der Waals surface area contributed by atoms with Gasteiger partial charge >= 0.3 is 0 Å². The van der Waals surface area contributed by atoms with E-state index in [1.807, 2.05) is 0 Å². The highest BCUT2D eigenvalue weighted by molar-refractivity contribution is 5.80. The molecule has 0 aromatic heterocycles. The van der Waals surface area contributed by atoms with Crippen molar-refractivity contribution in [2.24, 2.45) is 11.1 Å². The molecule has 11 heavy (non-hydrogen) atoms. The van der Waals surface area contributed by atoms with Gasteiger partial charge in [-0.1, -0.05) is 26.2 Å². The molecule has 2 nitrogen and oxygen atoms in total. The minimum absolute atomic E-state index is 0.0836. The summed E-state index contributed by atoms with van der Waals surface area (Å²) in [5.74, 6) is -0.0836. The number of carbonyl (C=O) groups is 1. The first-order chi connectivity index (χ1) is 5.21. The van der Waals surface area contributed by atoms with Crippen LogP contribution in [-0.2, 0) is 4.79 Å². The highest BCUT2D eigenvalue weighted by atomic mass is 16.1. The van der Waals surface area contributed by atoms with Crippen molar-refractivity contribution in [2.75, 3.05) is 0 Å². The first-order valence-corrected chi connectivity index (χ1v) is 4.51. The maximum absolute atomic E-state index is 11.1. The molecule has 0 saturated heterocycles. The van der Waals surface area contributed by atoms with E-state index in [1.165, 1.54) is 19.3 Å². The highest BCUT2D eigenvalue weighted by Crippen LogP contribution is 2.38. The van der Waals surface area contributed by atoms with Crippen molar-refractivity contribution in [3.05, 3.63) is 0 Å². The van der Waals surface area contributed by atoms with Crippen LogP contribution in [0.25, 0.3) is 0 Å². The van der Waals surface area contributed by atoms with Crippen LogP contribution in [0.5, 0.6) is 0 Å². The lowest BCUT2D eigenvalue weighted by molar-refractivity contribution is -0.129. The van der Waals surface area contributed by atoms with E-state index in [9.17, 15) is 4.79 Å². The number of hydrogen-bond acceptors (Lipinski definition) is 1. The summed E-state index contributed by atoms with van der Waals surface area (Å²) in [4.78, 5) is 11.1. The Morgan fingerprint density at radius 2 is 1.91 bits per heavy atom. The molecule has 0 unspecified atom stereocenters. The van der Waals surface area contributed by atoms with Gasteiger partial charge in [0.25, 0.3) is 0 Å². The zero-order chi connectivity index (χ0) is 8.32. The van der Waals surface area contributed by atoms with E-state index in [-0.39, 0.29) is 11.3 Å². The maximum atomic E-state index is 11.1. The van der Waals surface area contributed by atoms with Crippen LogP contribution in [0.1, 0.15) is 45.4 Å². The van der Waals surface area contributed by atoms with Gasteiger partial charge in [-0.15, -0.1) is 0 Å². The smallest absolute Gasteiger partial charge is 0.223 e. The van der Waals surface area contributed by atoms with Crippen molar-refractivity contribution in [3.63, 3.8) is 0 Å². The van der Waals surface area contributed by atoms with Gasteiger partial charge in [-0.3, -0.25) is 4.79 Å². The van der Waals surface area contributed by atoms with Crippen LogP contribution in [0.15, 0.2) is 0 Å². The normalized spacial score (nSPS) is 23.0. The van der Waals surface area contributed by atoms with Crippen molar-refractivity contribution >= 4 is 5.91 Å².